The van der Waals surface area contributed by atoms with Crippen LogP contribution in [0.15, 0.2) is 48.7 Å². The van der Waals surface area contributed by atoms with Crippen molar-refractivity contribution in [3.05, 3.63) is 59.9 Å². The highest BCUT2D eigenvalue weighted by molar-refractivity contribution is 5.49. The van der Waals surface area contributed by atoms with Crippen molar-refractivity contribution in [1.29, 1.82) is 0 Å². The average molecular weight is 321 g/mol. The maximum atomic E-state index is 4.61. The van der Waals surface area contributed by atoms with Gasteiger partial charge >= 0.3 is 0 Å². The standard InChI is InChI=1S/C19H23N5/c1-2-16-12-19(24-18(21-16)8-10-20-24)22-17-9-11-23(14-17)13-15-6-4-3-5-7-15/h3-8,10,12,17,22H,2,9,11,13-14H2,1H3/t17-/m1/s1. The van der Waals surface area contributed by atoms with Gasteiger partial charge in [0.05, 0.1) is 6.20 Å². The maximum Gasteiger partial charge on any atom is 0.157 e. The first-order chi connectivity index (χ1) is 11.8. The fraction of sp³-hybridized carbons (Fsp3) is 0.368. The highest BCUT2D eigenvalue weighted by atomic mass is 15.3. The van der Waals surface area contributed by atoms with Gasteiger partial charge in [0, 0.05) is 43.5 Å². The monoisotopic (exact) mass is 321 g/mol. The van der Waals surface area contributed by atoms with Gasteiger partial charge in [0.25, 0.3) is 0 Å². The fourth-order valence-corrected chi connectivity index (χ4v) is 3.39. The molecule has 124 valence electrons. The molecule has 0 bridgehead atoms. The number of benzene rings is 1. The molecule has 0 amide bonds. The van der Waals surface area contributed by atoms with E-state index in [1.165, 1.54) is 5.56 Å². The minimum Gasteiger partial charge on any atom is -0.366 e. The number of likely N-dealkylation sites (tertiary alicyclic amines) is 1. The number of rotatable bonds is 5. The first kappa shape index (κ1) is 15.1. The van der Waals surface area contributed by atoms with Gasteiger partial charge in [-0.25, -0.2) is 4.98 Å². The Kier molecular flexibility index (Phi) is 4.17. The molecule has 5 nitrogen and oxygen atoms in total. The molecule has 1 N–H and O–H groups in total. The molecule has 3 heterocycles. The number of hydrogen-bond acceptors (Lipinski definition) is 4. The summed E-state index contributed by atoms with van der Waals surface area (Å²) in [4.78, 5) is 7.12. The van der Waals surface area contributed by atoms with E-state index < -0.39 is 0 Å². The smallest absolute Gasteiger partial charge is 0.157 e. The van der Waals surface area contributed by atoms with E-state index in [1.54, 1.807) is 0 Å². The zero-order valence-electron chi connectivity index (χ0n) is 14.0. The summed E-state index contributed by atoms with van der Waals surface area (Å²) in [6, 6.07) is 15.2. The van der Waals surface area contributed by atoms with Gasteiger partial charge in [-0.1, -0.05) is 37.3 Å². The quantitative estimate of drug-likeness (QED) is 0.785. The Morgan fingerprint density at radius 1 is 1.21 bits per heavy atom. The van der Waals surface area contributed by atoms with Crippen LogP contribution < -0.4 is 5.32 Å². The Morgan fingerprint density at radius 2 is 2.08 bits per heavy atom. The Morgan fingerprint density at radius 3 is 2.92 bits per heavy atom. The zero-order chi connectivity index (χ0) is 16.4. The molecule has 4 rings (SSSR count). The Labute approximate surface area is 142 Å². The van der Waals surface area contributed by atoms with Gasteiger partial charge < -0.3 is 5.32 Å². The predicted molar refractivity (Wildman–Crippen MR) is 96.1 cm³/mol. The minimum atomic E-state index is 0.452. The number of aromatic nitrogens is 3. The van der Waals surface area contributed by atoms with Crippen LogP contribution in [0.3, 0.4) is 0 Å². The van der Waals surface area contributed by atoms with Crippen molar-refractivity contribution in [2.45, 2.75) is 32.4 Å². The molecular formula is C19H23N5. The molecule has 3 aromatic rings. The lowest BCUT2D eigenvalue weighted by molar-refractivity contribution is 0.328. The first-order valence-corrected chi connectivity index (χ1v) is 8.68. The Balaban J connectivity index is 1.46. The zero-order valence-corrected chi connectivity index (χ0v) is 14.0. The number of anilines is 1. The molecule has 0 unspecified atom stereocenters. The topological polar surface area (TPSA) is 45.5 Å². The van der Waals surface area contributed by atoms with Crippen molar-refractivity contribution in [1.82, 2.24) is 19.5 Å². The van der Waals surface area contributed by atoms with Crippen molar-refractivity contribution in [2.75, 3.05) is 18.4 Å². The molecule has 1 aromatic carbocycles. The van der Waals surface area contributed by atoms with E-state index in [0.29, 0.717) is 6.04 Å². The number of fused-ring (bicyclic) bond motifs is 1. The molecule has 0 aliphatic carbocycles. The SMILES string of the molecule is CCc1cc(N[C@@H]2CCN(Cc3ccccc3)C2)n2nccc2n1. The molecule has 1 atom stereocenters. The van der Waals surface area contributed by atoms with Crippen LogP contribution in [0.25, 0.3) is 5.65 Å². The third-order valence-electron chi connectivity index (χ3n) is 4.65. The second kappa shape index (κ2) is 6.61. The lowest BCUT2D eigenvalue weighted by atomic mass is 10.2. The first-order valence-electron chi connectivity index (χ1n) is 8.68. The molecule has 2 aromatic heterocycles. The second-order valence-corrected chi connectivity index (χ2v) is 6.44. The van der Waals surface area contributed by atoms with Crippen molar-refractivity contribution < 1.29 is 0 Å². The van der Waals surface area contributed by atoms with E-state index in [0.717, 1.165) is 49.6 Å². The largest absolute Gasteiger partial charge is 0.366 e. The Hall–Kier alpha value is -2.40. The lowest BCUT2D eigenvalue weighted by Gasteiger charge is -2.18. The van der Waals surface area contributed by atoms with E-state index in [1.807, 2.05) is 16.8 Å². The van der Waals surface area contributed by atoms with Gasteiger partial charge in [-0.3, -0.25) is 4.90 Å². The second-order valence-electron chi connectivity index (χ2n) is 6.44. The molecule has 5 heteroatoms. The summed E-state index contributed by atoms with van der Waals surface area (Å²) >= 11 is 0. The summed E-state index contributed by atoms with van der Waals surface area (Å²) in [6.45, 7) is 5.34. The normalized spacial score (nSPS) is 18.3. The summed E-state index contributed by atoms with van der Waals surface area (Å²) in [6.07, 6.45) is 3.89. The van der Waals surface area contributed by atoms with Crippen molar-refractivity contribution in [3.8, 4) is 0 Å². The number of hydrogen-bond donors (Lipinski definition) is 1. The van der Waals surface area contributed by atoms with Crippen molar-refractivity contribution >= 4 is 11.5 Å². The molecule has 1 aliphatic rings. The Bertz CT molecular complexity index is 811. The molecule has 24 heavy (non-hydrogen) atoms. The van der Waals surface area contributed by atoms with Gasteiger partial charge in [-0.2, -0.15) is 9.61 Å². The van der Waals surface area contributed by atoms with Gasteiger partial charge in [0.15, 0.2) is 5.65 Å². The highest BCUT2D eigenvalue weighted by Gasteiger charge is 2.23. The maximum absolute atomic E-state index is 4.61. The molecule has 0 radical (unpaired) electrons. The van der Waals surface area contributed by atoms with Crippen molar-refractivity contribution in [2.24, 2.45) is 0 Å². The molecule has 0 saturated carbocycles. The minimum absolute atomic E-state index is 0.452. The third kappa shape index (κ3) is 3.12. The number of nitrogens with zero attached hydrogens (tertiary/aromatic N) is 4. The van der Waals surface area contributed by atoms with Crippen LogP contribution in [0.5, 0.6) is 0 Å². The van der Waals surface area contributed by atoms with Gasteiger partial charge in [0.2, 0.25) is 0 Å². The van der Waals surface area contributed by atoms with Gasteiger partial charge in [0.1, 0.15) is 5.82 Å². The summed E-state index contributed by atoms with van der Waals surface area (Å²) in [5.41, 5.74) is 3.39. The summed E-state index contributed by atoms with van der Waals surface area (Å²) in [5, 5.41) is 8.08. The molecular weight excluding hydrogens is 298 g/mol. The van der Waals surface area contributed by atoms with E-state index in [2.05, 4.69) is 63.6 Å². The molecule has 1 aliphatic heterocycles. The summed E-state index contributed by atoms with van der Waals surface area (Å²) in [7, 11) is 0. The van der Waals surface area contributed by atoms with Gasteiger partial charge in [-0.05, 0) is 18.4 Å². The fourth-order valence-electron chi connectivity index (χ4n) is 3.39. The van der Waals surface area contributed by atoms with Crippen LogP contribution in [-0.2, 0) is 13.0 Å². The lowest BCUT2D eigenvalue weighted by Crippen LogP contribution is -2.27. The van der Waals surface area contributed by atoms with Crippen LogP contribution in [-0.4, -0.2) is 38.6 Å². The van der Waals surface area contributed by atoms with E-state index in [-0.39, 0.29) is 0 Å². The van der Waals surface area contributed by atoms with Crippen LogP contribution in [0, 0.1) is 0 Å². The highest BCUT2D eigenvalue weighted by Crippen LogP contribution is 2.19. The van der Waals surface area contributed by atoms with Crippen LogP contribution in [0.2, 0.25) is 0 Å². The molecule has 0 spiro atoms. The van der Waals surface area contributed by atoms with Gasteiger partial charge in [-0.15, -0.1) is 0 Å². The van der Waals surface area contributed by atoms with Crippen molar-refractivity contribution in [3.63, 3.8) is 0 Å². The summed E-state index contributed by atoms with van der Waals surface area (Å²) in [5.74, 6) is 1.05. The predicted octanol–water partition coefficient (Wildman–Crippen LogP) is 2.98. The molecule has 1 fully saturated rings. The van der Waals surface area contributed by atoms with E-state index in [4.69, 9.17) is 0 Å². The average Bonchev–Trinajstić information content (AvgIpc) is 3.25. The van der Waals surface area contributed by atoms with Crippen LogP contribution in [0.1, 0.15) is 24.6 Å². The molecule has 1 saturated heterocycles. The summed E-state index contributed by atoms with van der Waals surface area (Å²) < 4.78 is 1.90. The van der Waals surface area contributed by atoms with E-state index >= 15 is 0 Å². The van der Waals surface area contributed by atoms with Crippen LogP contribution >= 0.6 is 0 Å². The number of nitrogens with one attached hydrogen (secondary N) is 1. The van der Waals surface area contributed by atoms with Crippen LogP contribution in [0.4, 0.5) is 5.82 Å². The van der Waals surface area contributed by atoms with E-state index in [9.17, 15) is 0 Å². The third-order valence-corrected chi connectivity index (χ3v) is 4.65. The number of aryl methyl sites for hydroxylation is 1.